The van der Waals surface area contributed by atoms with E-state index in [2.05, 4.69) is 9.47 Å². The first-order valence-corrected chi connectivity index (χ1v) is 8.79. The summed E-state index contributed by atoms with van der Waals surface area (Å²) >= 11 is 0. The van der Waals surface area contributed by atoms with Crippen molar-refractivity contribution < 1.29 is 40.7 Å². The number of esters is 1. The molecule has 1 heterocycles. The molecule has 0 aliphatic carbocycles. The molecular formula is C14H15F3N2O6S. The van der Waals surface area contributed by atoms with Crippen molar-refractivity contribution in [3.05, 3.63) is 29.1 Å². The second kappa shape index (κ2) is 7.91. The van der Waals surface area contributed by atoms with Gasteiger partial charge in [-0.05, 0) is 25.0 Å². The zero-order chi connectivity index (χ0) is 19.5. The SMILES string of the molecule is COC(=O)c1ccc(C(=O)NS(=O)(=O)N2CCCC2)c(OC(F)F)c1F. The minimum Gasteiger partial charge on any atom is -0.465 e. The fraction of sp³-hybridized carbons (Fsp3) is 0.429. The number of hydrogen-bond donors (Lipinski definition) is 1. The number of halogens is 3. The van der Waals surface area contributed by atoms with Crippen molar-refractivity contribution in [2.75, 3.05) is 20.2 Å². The largest absolute Gasteiger partial charge is 0.465 e. The first-order valence-electron chi connectivity index (χ1n) is 7.35. The molecule has 0 bridgehead atoms. The van der Waals surface area contributed by atoms with Gasteiger partial charge in [-0.25, -0.2) is 13.9 Å². The average Bonchev–Trinajstić information content (AvgIpc) is 3.10. The molecule has 1 aliphatic heterocycles. The highest BCUT2D eigenvalue weighted by Gasteiger charge is 2.31. The first-order chi connectivity index (χ1) is 12.2. The van der Waals surface area contributed by atoms with Gasteiger partial charge in [0.1, 0.15) is 0 Å². The zero-order valence-electron chi connectivity index (χ0n) is 13.5. The van der Waals surface area contributed by atoms with Crippen LogP contribution >= 0.6 is 0 Å². The molecule has 1 aliphatic rings. The van der Waals surface area contributed by atoms with Crippen LogP contribution in [0.4, 0.5) is 13.2 Å². The predicted molar refractivity (Wildman–Crippen MR) is 81.6 cm³/mol. The molecule has 0 unspecified atom stereocenters. The lowest BCUT2D eigenvalue weighted by molar-refractivity contribution is -0.0526. The van der Waals surface area contributed by atoms with Crippen LogP contribution in [0.2, 0.25) is 0 Å². The van der Waals surface area contributed by atoms with E-state index in [1.807, 2.05) is 0 Å². The quantitative estimate of drug-likeness (QED) is 0.727. The summed E-state index contributed by atoms with van der Waals surface area (Å²) in [6, 6.07) is 1.60. The van der Waals surface area contributed by atoms with E-state index in [0.717, 1.165) is 23.5 Å². The maximum absolute atomic E-state index is 14.3. The number of nitrogens with one attached hydrogen (secondary N) is 1. The minimum absolute atomic E-state index is 0.193. The summed E-state index contributed by atoms with van der Waals surface area (Å²) in [6.07, 6.45) is 1.22. The van der Waals surface area contributed by atoms with Crippen molar-refractivity contribution in [1.29, 1.82) is 0 Å². The third kappa shape index (κ3) is 4.25. The van der Waals surface area contributed by atoms with Gasteiger partial charge in [0.2, 0.25) is 0 Å². The topological polar surface area (TPSA) is 102 Å². The second-order valence-corrected chi connectivity index (χ2v) is 6.89. The van der Waals surface area contributed by atoms with Gasteiger partial charge < -0.3 is 9.47 Å². The molecule has 26 heavy (non-hydrogen) atoms. The fourth-order valence-corrected chi connectivity index (χ4v) is 3.58. The van der Waals surface area contributed by atoms with Gasteiger partial charge in [-0.15, -0.1) is 0 Å². The lowest BCUT2D eigenvalue weighted by atomic mass is 10.1. The lowest BCUT2D eigenvalue weighted by Gasteiger charge is -2.17. The summed E-state index contributed by atoms with van der Waals surface area (Å²) in [5.41, 5.74) is -1.56. The Morgan fingerprint density at radius 2 is 1.77 bits per heavy atom. The first kappa shape index (κ1) is 20.0. The van der Waals surface area contributed by atoms with Crippen LogP contribution in [0.15, 0.2) is 12.1 Å². The van der Waals surface area contributed by atoms with Gasteiger partial charge in [0, 0.05) is 13.1 Å². The molecule has 1 saturated heterocycles. The number of benzene rings is 1. The van der Waals surface area contributed by atoms with Crippen molar-refractivity contribution in [3.8, 4) is 5.75 Å². The van der Waals surface area contributed by atoms with Crippen molar-refractivity contribution in [1.82, 2.24) is 9.03 Å². The molecule has 0 radical (unpaired) electrons. The van der Waals surface area contributed by atoms with Gasteiger partial charge in [0.15, 0.2) is 11.6 Å². The molecule has 8 nitrogen and oxygen atoms in total. The van der Waals surface area contributed by atoms with Crippen LogP contribution in [0, 0.1) is 5.82 Å². The van der Waals surface area contributed by atoms with E-state index in [1.165, 1.54) is 0 Å². The fourth-order valence-electron chi connectivity index (χ4n) is 2.37. The van der Waals surface area contributed by atoms with E-state index in [4.69, 9.17) is 0 Å². The van der Waals surface area contributed by atoms with E-state index >= 15 is 0 Å². The second-order valence-electron chi connectivity index (χ2n) is 5.22. The Balaban J connectivity index is 2.39. The molecule has 0 spiro atoms. The number of carbonyl (C=O) groups excluding carboxylic acids is 2. The van der Waals surface area contributed by atoms with Crippen LogP contribution in [-0.2, 0) is 14.9 Å². The summed E-state index contributed by atoms with van der Waals surface area (Å²) in [7, 11) is -3.28. The molecule has 12 heteroatoms. The normalized spacial score (nSPS) is 15.1. The number of ether oxygens (including phenoxy) is 2. The molecule has 1 fully saturated rings. The Morgan fingerprint density at radius 3 is 2.31 bits per heavy atom. The Hall–Kier alpha value is -2.34. The molecule has 1 aromatic rings. The summed E-state index contributed by atoms with van der Waals surface area (Å²) in [4.78, 5) is 23.6. The Morgan fingerprint density at radius 1 is 1.19 bits per heavy atom. The number of carbonyl (C=O) groups is 2. The highest BCUT2D eigenvalue weighted by molar-refractivity contribution is 7.87. The smallest absolute Gasteiger partial charge is 0.387 e. The Labute approximate surface area is 147 Å². The summed E-state index contributed by atoms with van der Waals surface area (Å²) < 4.78 is 74.6. The molecule has 0 aromatic heterocycles. The number of nitrogens with zero attached hydrogens (tertiary/aromatic N) is 1. The van der Waals surface area contributed by atoms with Gasteiger partial charge in [0.25, 0.3) is 5.91 Å². The van der Waals surface area contributed by atoms with Crippen LogP contribution in [0.3, 0.4) is 0 Å². The van der Waals surface area contributed by atoms with Crippen LogP contribution in [0.25, 0.3) is 0 Å². The van der Waals surface area contributed by atoms with Crippen molar-refractivity contribution in [2.45, 2.75) is 19.5 Å². The molecular weight excluding hydrogens is 381 g/mol. The minimum atomic E-state index is -4.22. The molecule has 0 atom stereocenters. The van der Waals surface area contributed by atoms with E-state index < -0.39 is 51.4 Å². The van der Waals surface area contributed by atoms with E-state index in [1.54, 1.807) is 4.72 Å². The van der Waals surface area contributed by atoms with Gasteiger partial charge >= 0.3 is 22.8 Å². The third-order valence-corrected chi connectivity index (χ3v) is 5.07. The van der Waals surface area contributed by atoms with Gasteiger partial charge in [-0.1, -0.05) is 0 Å². The van der Waals surface area contributed by atoms with Crippen molar-refractivity contribution in [3.63, 3.8) is 0 Å². The number of amides is 1. The summed E-state index contributed by atoms with van der Waals surface area (Å²) in [6.45, 7) is -3.13. The van der Waals surface area contributed by atoms with E-state index in [0.29, 0.717) is 12.8 Å². The van der Waals surface area contributed by atoms with Crippen LogP contribution in [0.5, 0.6) is 5.75 Å². The third-order valence-electron chi connectivity index (χ3n) is 3.58. The highest BCUT2D eigenvalue weighted by atomic mass is 32.2. The van der Waals surface area contributed by atoms with Crippen molar-refractivity contribution >= 4 is 22.1 Å². The Kier molecular flexibility index (Phi) is 6.08. The number of alkyl halides is 2. The van der Waals surface area contributed by atoms with Crippen LogP contribution < -0.4 is 9.46 Å². The summed E-state index contributed by atoms with van der Waals surface area (Å²) in [5.74, 6) is -5.37. The van der Waals surface area contributed by atoms with E-state index in [9.17, 15) is 31.2 Å². The maximum Gasteiger partial charge on any atom is 0.387 e. The monoisotopic (exact) mass is 396 g/mol. The number of methoxy groups -OCH3 is 1. The van der Waals surface area contributed by atoms with Crippen LogP contribution in [-0.4, -0.2) is 51.4 Å². The van der Waals surface area contributed by atoms with E-state index in [-0.39, 0.29) is 13.1 Å². The highest BCUT2D eigenvalue weighted by Crippen LogP contribution is 2.28. The van der Waals surface area contributed by atoms with Crippen LogP contribution in [0.1, 0.15) is 33.6 Å². The molecule has 1 N–H and O–H groups in total. The standard InChI is InChI=1S/C14H15F3N2O6S/c1-24-13(21)8-4-5-9(11(10(8)15)25-14(16)17)12(20)18-26(22,23)19-6-2-3-7-19/h4-5,14H,2-3,6-7H2,1H3,(H,18,20). The molecule has 2 rings (SSSR count). The maximum atomic E-state index is 14.3. The van der Waals surface area contributed by atoms with Gasteiger partial charge in [0.05, 0.1) is 18.2 Å². The number of hydrogen-bond acceptors (Lipinski definition) is 6. The molecule has 0 saturated carbocycles. The average molecular weight is 396 g/mol. The van der Waals surface area contributed by atoms with Gasteiger partial charge in [-0.2, -0.15) is 21.5 Å². The number of rotatable bonds is 6. The Bertz CT molecular complexity index is 809. The summed E-state index contributed by atoms with van der Waals surface area (Å²) in [5, 5.41) is 0. The molecule has 1 amide bonds. The molecule has 144 valence electrons. The van der Waals surface area contributed by atoms with Gasteiger partial charge in [-0.3, -0.25) is 4.79 Å². The molecule has 1 aromatic carbocycles. The van der Waals surface area contributed by atoms with Crippen molar-refractivity contribution in [2.24, 2.45) is 0 Å². The zero-order valence-corrected chi connectivity index (χ0v) is 14.3. The predicted octanol–water partition coefficient (Wildman–Crippen LogP) is 1.28. The lowest BCUT2D eigenvalue weighted by Crippen LogP contribution is -2.42.